The van der Waals surface area contributed by atoms with E-state index in [9.17, 15) is 8.78 Å². The fourth-order valence-corrected chi connectivity index (χ4v) is 3.18. The van der Waals surface area contributed by atoms with E-state index < -0.39 is 0 Å². The highest BCUT2D eigenvalue weighted by Crippen LogP contribution is 2.34. The predicted molar refractivity (Wildman–Crippen MR) is 86.8 cm³/mol. The predicted octanol–water partition coefficient (Wildman–Crippen LogP) is 5.65. The highest BCUT2D eigenvalue weighted by atomic mass is 19.1. The third-order valence-electron chi connectivity index (χ3n) is 4.18. The molecule has 0 aliphatic rings. The molecule has 0 amide bonds. The maximum Gasteiger partial charge on any atom is 0.126 e. The quantitative estimate of drug-likeness (QED) is 0.576. The molecule has 0 aliphatic heterocycles. The van der Waals surface area contributed by atoms with Gasteiger partial charge in [0.25, 0.3) is 0 Å². The molecule has 3 aromatic rings. The van der Waals surface area contributed by atoms with Crippen molar-refractivity contribution in [2.24, 2.45) is 0 Å². The molecule has 114 valence electrons. The zero-order valence-electron chi connectivity index (χ0n) is 13.2. The number of benzene rings is 2. The summed E-state index contributed by atoms with van der Waals surface area (Å²) < 4.78 is 29.3. The molecule has 0 aliphatic carbocycles. The summed E-state index contributed by atoms with van der Waals surface area (Å²) in [5, 5.41) is 0.908. The van der Waals surface area contributed by atoms with Crippen LogP contribution in [0.2, 0.25) is 0 Å². The first-order valence-electron chi connectivity index (χ1n) is 7.47. The molecule has 22 heavy (non-hydrogen) atoms. The second kappa shape index (κ2) is 5.24. The lowest BCUT2D eigenvalue weighted by Crippen LogP contribution is -2.03. The van der Waals surface area contributed by atoms with E-state index in [0.717, 1.165) is 27.8 Å². The highest BCUT2D eigenvalue weighted by Gasteiger charge is 2.18. The molecule has 3 rings (SSSR count). The van der Waals surface area contributed by atoms with Gasteiger partial charge in [-0.15, -0.1) is 0 Å². The second-order valence-electron chi connectivity index (χ2n) is 6.10. The van der Waals surface area contributed by atoms with Crippen molar-refractivity contribution >= 4 is 10.9 Å². The fourth-order valence-electron chi connectivity index (χ4n) is 3.18. The van der Waals surface area contributed by atoms with Crippen LogP contribution >= 0.6 is 0 Å². The molecular formula is C19H19F2N. The van der Waals surface area contributed by atoms with Crippen molar-refractivity contribution in [3.05, 3.63) is 64.9 Å². The monoisotopic (exact) mass is 299 g/mol. The Labute approximate surface area is 129 Å². The van der Waals surface area contributed by atoms with Gasteiger partial charge in [0.05, 0.1) is 5.52 Å². The fraction of sp³-hybridized carbons (Fsp3) is 0.263. The van der Waals surface area contributed by atoms with Crippen LogP contribution in [0.4, 0.5) is 8.78 Å². The summed E-state index contributed by atoms with van der Waals surface area (Å²) in [7, 11) is 0. The summed E-state index contributed by atoms with van der Waals surface area (Å²) in [6.45, 7) is 8.00. The van der Waals surface area contributed by atoms with Gasteiger partial charge in [0.15, 0.2) is 0 Å². The standard InChI is InChI=1S/C19H19F2N/c1-11(2)19-13(4)16-10-14(20)5-8-18(16)22(19)15-6-7-17(21)12(3)9-15/h5-11H,1-4H3. The molecule has 0 atom stereocenters. The number of hydrogen-bond acceptors (Lipinski definition) is 0. The molecule has 0 fully saturated rings. The Bertz CT molecular complexity index is 859. The van der Waals surface area contributed by atoms with Crippen LogP contribution in [0, 0.1) is 25.5 Å². The number of nitrogens with zero attached hydrogens (tertiary/aromatic N) is 1. The SMILES string of the molecule is Cc1cc(-n2c(C(C)C)c(C)c3cc(F)ccc32)ccc1F. The van der Waals surface area contributed by atoms with Gasteiger partial charge >= 0.3 is 0 Å². The van der Waals surface area contributed by atoms with Gasteiger partial charge in [0.2, 0.25) is 0 Å². The van der Waals surface area contributed by atoms with Gasteiger partial charge in [-0.05, 0) is 67.3 Å². The van der Waals surface area contributed by atoms with E-state index in [2.05, 4.69) is 18.4 Å². The molecule has 0 bridgehead atoms. The smallest absolute Gasteiger partial charge is 0.126 e. The first kappa shape index (κ1) is 14.8. The maximum absolute atomic E-state index is 13.6. The van der Waals surface area contributed by atoms with E-state index in [1.54, 1.807) is 25.1 Å². The Morgan fingerprint density at radius 2 is 1.68 bits per heavy atom. The lowest BCUT2D eigenvalue weighted by atomic mass is 10.0. The Hall–Kier alpha value is -2.16. The van der Waals surface area contributed by atoms with Crippen LogP contribution in [0.5, 0.6) is 0 Å². The number of aryl methyl sites for hydroxylation is 2. The number of halogens is 2. The zero-order valence-corrected chi connectivity index (χ0v) is 13.2. The minimum absolute atomic E-state index is 0.214. The minimum atomic E-state index is -0.238. The van der Waals surface area contributed by atoms with Gasteiger partial charge in [-0.25, -0.2) is 8.78 Å². The van der Waals surface area contributed by atoms with Crippen LogP contribution in [0.25, 0.3) is 16.6 Å². The Kier molecular flexibility index (Phi) is 3.51. The summed E-state index contributed by atoms with van der Waals surface area (Å²) in [4.78, 5) is 0. The van der Waals surface area contributed by atoms with Crippen molar-refractivity contribution in [2.75, 3.05) is 0 Å². The second-order valence-corrected chi connectivity index (χ2v) is 6.10. The molecule has 0 radical (unpaired) electrons. The molecule has 0 spiro atoms. The Morgan fingerprint density at radius 1 is 0.955 bits per heavy atom. The van der Waals surface area contributed by atoms with E-state index in [1.807, 2.05) is 13.0 Å². The first-order valence-corrected chi connectivity index (χ1v) is 7.47. The molecule has 1 heterocycles. The Balaban J connectivity index is 2.40. The van der Waals surface area contributed by atoms with E-state index in [1.165, 1.54) is 12.1 Å². The van der Waals surface area contributed by atoms with E-state index >= 15 is 0 Å². The van der Waals surface area contributed by atoms with Gasteiger partial charge in [0, 0.05) is 16.8 Å². The van der Waals surface area contributed by atoms with Crippen LogP contribution in [0.3, 0.4) is 0 Å². The van der Waals surface area contributed by atoms with Crippen molar-refractivity contribution in [3.8, 4) is 5.69 Å². The molecule has 2 aromatic carbocycles. The molecule has 0 N–H and O–H groups in total. The van der Waals surface area contributed by atoms with Crippen LogP contribution in [0.15, 0.2) is 36.4 Å². The van der Waals surface area contributed by atoms with Crippen LogP contribution in [0.1, 0.15) is 36.6 Å². The van der Waals surface area contributed by atoms with Crippen molar-refractivity contribution in [3.63, 3.8) is 0 Å². The minimum Gasteiger partial charge on any atom is -0.313 e. The molecule has 0 unspecified atom stereocenters. The van der Waals surface area contributed by atoms with Gasteiger partial charge < -0.3 is 4.57 Å². The average Bonchev–Trinajstić information content (AvgIpc) is 2.75. The lowest BCUT2D eigenvalue weighted by Gasteiger charge is -2.15. The van der Waals surface area contributed by atoms with Gasteiger partial charge in [0.1, 0.15) is 11.6 Å². The highest BCUT2D eigenvalue weighted by molar-refractivity contribution is 5.87. The molecule has 1 aromatic heterocycles. The summed E-state index contributed by atoms with van der Waals surface area (Å²) in [6.07, 6.45) is 0. The summed E-state index contributed by atoms with van der Waals surface area (Å²) in [5.41, 5.74) is 4.67. The van der Waals surface area contributed by atoms with Gasteiger partial charge in [-0.3, -0.25) is 0 Å². The summed E-state index contributed by atoms with van der Waals surface area (Å²) >= 11 is 0. The molecule has 0 saturated carbocycles. The van der Waals surface area contributed by atoms with Gasteiger partial charge in [-0.2, -0.15) is 0 Å². The number of fused-ring (bicyclic) bond motifs is 1. The van der Waals surface area contributed by atoms with E-state index in [0.29, 0.717) is 5.56 Å². The molecule has 3 heteroatoms. The zero-order chi connectivity index (χ0) is 16.0. The lowest BCUT2D eigenvalue weighted by molar-refractivity contribution is 0.618. The topological polar surface area (TPSA) is 4.93 Å². The molecule has 0 saturated heterocycles. The normalized spacial score (nSPS) is 11.6. The third kappa shape index (κ3) is 2.21. The van der Waals surface area contributed by atoms with Crippen LogP contribution in [-0.4, -0.2) is 4.57 Å². The third-order valence-corrected chi connectivity index (χ3v) is 4.18. The summed E-state index contributed by atoms with van der Waals surface area (Å²) in [6, 6.07) is 9.93. The molecule has 1 nitrogen and oxygen atoms in total. The average molecular weight is 299 g/mol. The summed E-state index contributed by atoms with van der Waals surface area (Å²) in [5.74, 6) is -0.173. The van der Waals surface area contributed by atoms with Crippen molar-refractivity contribution in [2.45, 2.75) is 33.6 Å². The van der Waals surface area contributed by atoms with Crippen LogP contribution in [-0.2, 0) is 0 Å². The number of rotatable bonds is 2. The Morgan fingerprint density at radius 3 is 2.32 bits per heavy atom. The van der Waals surface area contributed by atoms with Crippen LogP contribution < -0.4 is 0 Å². The molecular weight excluding hydrogens is 280 g/mol. The number of hydrogen-bond donors (Lipinski definition) is 0. The van der Waals surface area contributed by atoms with E-state index in [-0.39, 0.29) is 17.6 Å². The van der Waals surface area contributed by atoms with Gasteiger partial charge in [-0.1, -0.05) is 13.8 Å². The van der Waals surface area contributed by atoms with Crippen molar-refractivity contribution in [1.82, 2.24) is 4.57 Å². The van der Waals surface area contributed by atoms with E-state index in [4.69, 9.17) is 0 Å². The number of aromatic nitrogens is 1. The first-order chi connectivity index (χ1) is 10.4. The maximum atomic E-state index is 13.6. The van der Waals surface area contributed by atoms with Crippen molar-refractivity contribution < 1.29 is 8.78 Å². The largest absolute Gasteiger partial charge is 0.313 e. The van der Waals surface area contributed by atoms with Crippen molar-refractivity contribution in [1.29, 1.82) is 0 Å².